The third kappa shape index (κ3) is 4.01. The normalized spacial score (nSPS) is 20.2. The molecule has 0 aliphatic carbocycles. The van der Waals surface area contributed by atoms with Gasteiger partial charge in [-0.05, 0) is 42.7 Å². The van der Waals surface area contributed by atoms with Crippen molar-refractivity contribution in [2.24, 2.45) is 0 Å². The van der Waals surface area contributed by atoms with E-state index in [2.05, 4.69) is 5.32 Å². The van der Waals surface area contributed by atoms with Crippen LogP contribution in [0.4, 0.5) is 5.69 Å². The topological polar surface area (TPSA) is 61.8 Å². The maximum absolute atomic E-state index is 12.3. The Balaban J connectivity index is 1.61. The van der Waals surface area contributed by atoms with E-state index in [0.717, 1.165) is 11.1 Å². The van der Waals surface area contributed by atoms with Crippen molar-refractivity contribution in [1.82, 2.24) is 4.90 Å². The number of hydrogen-bond acceptors (Lipinski definition) is 4. The van der Waals surface area contributed by atoms with Gasteiger partial charge in [0.15, 0.2) is 0 Å². The number of β-amino-alcohol motifs (C(OH)–C–C–N with tert-alkyl or cyclic N) is 1. The number of ether oxygens (including phenoxy) is 1. The van der Waals surface area contributed by atoms with E-state index < -0.39 is 5.60 Å². The lowest BCUT2D eigenvalue weighted by Crippen LogP contribution is -2.35. The summed E-state index contributed by atoms with van der Waals surface area (Å²) >= 11 is 6.08. The van der Waals surface area contributed by atoms with Crippen LogP contribution in [-0.2, 0) is 10.4 Å². The van der Waals surface area contributed by atoms with Crippen molar-refractivity contribution in [3.05, 3.63) is 58.6 Å². The van der Waals surface area contributed by atoms with Gasteiger partial charge in [-0.3, -0.25) is 9.69 Å². The van der Waals surface area contributed by atoms with Crippen molar-refractivity contribution >= 4 is 23.2 Å². The average molecular weight is 375 g/mol. The number of benzene rings is 2. The second-order valence-electron chi connectivity index (χ2n) is 6.70. The highest BCUT2D eigenvalue weighted by molar-refractivity contribution is 6.32. The van der Waals surface area contributed by atoms with Crippen LogP contribution in [0.2, 0.25) is 5.02 Å². The number of aliphatic hydroxyl groups is 1. The second kappa shape index (κ2) is 7.66. The lowest BCUT2D eigenvalue weighted by molar-refractivity contribution is -0.117. The molecule has 1 aliphatic rings. The van der Waals surface area contributed by atoms with Gasteiger partial charge in [-0.1, -0.05) is 35.9 Å². The summed E-state index contributed by atoms with van der Waals surface area (Å²) in [5, 5.41) is 14.3. The van der Waals surface area contributed by atoms with Gasteiger partial charge < -0.3 is 15.2 Å². The van der Waals surface area contributed by atoms with Crippen LogP contribution in [0.3, 0.4) is 0 Å². The summed E-state index contributed by atoms with van der Waals surface area (Å²) in [6.45, 7) is 3.32. The fourth-order valence-corrected chi connectivity index (χ4v) is 3.73. The number of carbonyl (C=O) groups is 1. The van der Waals surface area contributed by atoms with Gasteiger partial charge in [-0.2, -0.15) is 0 Å². The zero-order valence-corrected chi connectivity index (χ0v) is 15.7. The van der Waals surface area contributed by atoms with Crippen molar-refractivity contribution < 1.29 is 14.6 Å². The highest BCUT2D eigenvalue weighted by atomic mass is 35.5. The number of hydrogen-bond donors (Lipinski definition) is 2. The Morgan fingerprint density at radius 2 is 2.12 bits per heavy atom. The Labute approximate surface area is 158 Å². The third-order valence-electron chi connectivity index (χ3n) is 4.78. The fourth-order valence-electron chi connectivity index (χ4n) is 3.47. The van der Waals surface area contributed by atoms with E-state index in [1.165, 1.54) is 0 Å². The Morgan fingerprint density at radius 1 is 1.35 bits per heavy atom. The Hall–Kier alpha value is -2.08. The number of methoxy groups -OCH3 is 1. The molecule has 2 N–H and O–H groups in total. The molecule has 2 aromatic carbocycles. The van der Waals surface area contributed by atoms with E-state index in [0.29, 0.717) is 36.0 Å². The van der Waals surface area contributed by atoms with Gasteiger partial charge in [-0.25, -0.2) is 0 Å². The number of nitrogens with one attached hydrogen (secondary N) is 1. The molecule has 1 heterocycles. The van der Waals surface area contributed by atoms with Crippen molar-refractivity contribution in [3.63, 3.8) is 0 Å². The molecule has 138 valence electrons. The van der Waals surface area contributed by atoms with Crippen LogP contribution in [0.1, 0.15) is 17.5 Å². The molecule has 0 saturated carbocycles. The van der Waals surface area contributed by atoms with Crippen molar-refractivity contribution in [1.29, 1.82) is 0 Å². The molecule has 1 fully saturated rings. The fraction of sp³-hybridized carbons (Fsp3) is 0.350. The number of anilines is 1. The predicted octanol–water partition coefficient (Wildman–Crippen LogP) is 3.19. The van der Waals surface area contributed by atoms with E-state index in [1.807, 2.05) is 36.1 Å². The van der Waals surface area contributed by atoms with E-state index in [4.69, 9.17) is 16.3 Å². The molecule has 0 spiro atoms. The van der Waals surface area contributed by atoms with Crippen molar-refractivity contribution in [3.8, 4) is 5.75 Å². The van der Waals surface area contributed by atoms with Crippen LogP contribution in [0, 0.1) is 6.92 Å². The average Bonchev–Trinajstić information content (AvgIpc) is 2.97. The SMILES string of the molecule is COc1ccc(NC(=O)CN2CCC(O)(c3ccccc3C)C2)cc1Cl. The number of likely N-dealkylation sites (tertiary alicyclic amines) is 1. The van der Waals surface area contributed by atoms with Gasteiger partial charge in [0, 0.05) is 18.8 Å². The number of aryl methyl sites for hydroxylation is 1. The molecule has 5 nitrogen and oxygen atoms in total. The van der Waals surface area contributed by atoms with E-state index in [9.17, 15) is 9.90 Å². The van der Waals surface area contributed by atoms with E-state index in [-0.39, 0.29) is 12.5 Å². The first-order valence-electron chi connectivity index (χ1n) is 8.55. The van der Waals surface area contributed by atoms with Gasteiger partial charge >= 0.3 is 0 Å². The van der Waals surface area contributed by atoms with Crippen molar-refractivity contribution in [2.45, 2.75) is 18.9 Å². The molecule has 1 amide bonds. The minimum Gasteiger partial charge on any atom is -0.495 e. The summed E-state index contributed by atoms with van der Waals surface area (Å²) in [6.07, 6.45) is 0.611. The molecule has 0 aromatic heterocycles. The van der Waals surface area contributed by atoms with Gasteiger partial charge in [-0.15, -0.1) is 0 Å². The molecule has 1 atom stereocenters. The first-order valence-corrected chi connectivity index (χ1v) is 8.93. The maximum Gasteiger partial charge on any atom is 0.238 e. The van der Waals surface area contributed by atoms with Gasteiger partial charge in [0.2, 0.25) is 5.91 Å². The summed E-state index contributed by atoms with van der Waals surface area (Å²) in [4.78, 5) is 14.3. The lowest BCUT2D eigenvalue weighted by atomic mass is 9.89. The lowest BCUT2D eigenvalue weighted by Gasteiger charge is -2.25. The maximum atomic E-state index is 12.3. The zero-order valence-electron chi connectivity index (χ0n) is 15.0. The first kappa shape index (κ1) is 18.7. The molecule has 0 bridgehead atoms. The van der Waals surface area contributed by atoms with Crippen LogP contribution in [-0.4, -0.2) is 42.7 Å². The molecule has 3 rings (SSSR count). The van der Waals surface area contributed by atoms with Crippen LogP contribution in [0.5, 0.6) is 5.75 Å². The Morgan fingerprint density at radius 3 is 2.81 bits per heavy atom. The first-order chi connectivity index (χ1) is 12.4. The minimum atomic E-state index is -0.908. The minimum absolute atomic E-state index is 0.139. The number of halogens is 1. The van der Waals surface area contributed by atoms with Crippen LogP contribution in [0.15, 0.2) is 42.5 Å². The van der Waals surface area contributed by atoms with Crippen LogP contribution in [0.25, 0.3) is 0 Å². The second-order valence-corrected chi connectivity index (χ2v) is 7.11. The molecule has 1 unspecified atom stereocenters. The van der Waals surface area contributed by atoms with E-state index >= 15 is 0 Å². The number of carbonyl (C=O) groups excluding carboxylic acids is 1. The summed E-state index contributed by atoms with van der Waals surface area (Å²) in [6, 6.07) is 13.0. The van der Waals surface area contributed by atoms with Crippen LogP contribution >= 0.6 is 11.6 Å². The summed E-state index contributed by atoms with van der Waals surface area (Å²) in [5.41, 5.74) is 1.71. The molecule has 2 aromatic rings. The Bertz CT molecular complexity index is 811. The highest BCUT2D eigenvalue weighted by Crippen LogP contribution is 2.33. The highest BCUT2D eigenvalue weighted by Gasteiger charge is 2.38. The van der Waals surface area contributed by atoms with Gasteiger partial charge in [0.1, 0.15) is 11.4 Å². The molecule has 1 aliphatic heterocycles. The molecule has 0 radical (unpaired) electrons. The summed E-state index contributed by atoms with van der Waals surface area (Å²) in [5.74, 6) is 0.424. The standard InChI is InChI=1S/C20H23ClN2O3/c1-14-5-3-4-6-16(14)20(25)9-10-23(13-20)12-19(24)22-15-7-8-18(26-2)17(21)11-15/h3-8,11,25H,9-10,12-13H2,1-2H3,(H,22,24). The summed E-state index contributed by atoms with van der Waals surface area (Å²) < 4.78 is 5.11. The van der Waals surface area contributed by atoms with Gasteiger partial charge in [0.25, 0.3) is 0 Å². The zero-order chi connectivity index (χ0) is 18.7. The predicted molar refractivity (Wildman–Crippen MR) is 103 cm³/mol. The third-order valence-corrected chi connectivity index (χ3v) is 5.07. The van der Waals surface area contributed by atoms with E-state index in [1.54, 1.807) is 25.3 Å². The quantitative estimate of drug-likeness (QED) is 0.843. The number of rotatable bonds is 5. The van der Waals surface area contributed by atoms with Crippen molar-refractivity contribution in [2.75, 3.05) is 32.1 Å². The number of amides is 1. The largest absolute Gasteiger partial charge is 0.495 e. The monoisotopic (exact) mass is 374 g/mol. The molecule has 26 heavy (non-hydrogen) atoms. The molecular weight excluding hydrogens is 352 g/mol. The Kier molecular flexibility index (Phi) is 5.51. The number of nitrogens with zero attached hydrogens (tertiary/aromatic N) is 1. The summed E-state index contributed by atoms with van der Waals surface area (Å²) in [7, 11) is 1.54. The van der Waals surface area contributed by atoms with Crippen LogP contribution < -0.4 is 10.1 Å². The molecular formula is C20H23ClN2O3. The molecule has 1 saturated heterocycles. The van der Waals surface area contributed by atoms with Gasteiger partial charge in [0.05, 0.1) is 18.7 Å². The molecule has 6 heteroatoms. The smallest absolute Gasteiger partial charge is 0.238 e.